The quantitative estimate of drug-likeness (QED) is 0.263. The minimum absolute atomic E-state index is 1.11. The van der Waals surface area contributed by atoms with Gasteiger partial charge in [-0.3, -0.25) is 0 Å². The van der Waals surface area contributed by atoms with Gasteiger partial charge >= 0.3 is 0 Å². The van der Waals surface area contributed by atoms with Gasteiger partial charge in [-0.25, -0.2) is 4.98 Å². The molecule has 1 N–H and O–H groups in total. The third-order valence-electron chi connectivity index (χ3n) is 5.53. The number of rotatable bonds is 18. The molecule has 0 bridgehead atoms. The molecule has 2 nitrogen and oxygen atoms in total. The average molecular weight is 363 g/mol. The molecule has 1 rings (SSSR count). The predicted molar refractivity (Wildman–Crippen MR) is 116 cm³/mol. The number of aromatic nitrogens is 2. The average Bonchev–Trinajstić information content (AvgIpc) is 2.99. The Morgan fingerprint density at radius 1 is 0.577 bits per heavy atom. The lowest BCUT2D eigenvalue weighted by molar-refractivity contribution is 0.568. The molecule has 0 spiro atoms. The number of imidazole rings is 1. The van der Waals surface area contributed by atoms with E-state index < -0.39 is 0 Å². The Kier molecular flexibility index (Phi) is 14.7. The molecule has 1 aromatic rings. The molecule has 0 aliphatic carbocycles. The van der Waals surface area contributed by atoms with Crippen LogP contribution in [-0.2, 0) is 12.8 Å². The molecule has 1 aromatic heterocycles. The lowest BCUT2D eigenvalue weighted by atomic mass is 10.0. The molecule has 0 unspecified atom stereocenters. The summed E-state index contributed by atoms with van der Waals surface area (Å²) in [4.78, 5) is 8.29. The number of hydrogen-bond donors (Lipinski definition) is 1. The lowest BCUT2D eigenvalue weighted by Crippen LogP contribution is -1.95. The van der Waals surface area contributed by atoms with Crippen LogP contribution in [0.25, 0.3) is 0 Å². The highest BCUT2D eigenvalue weighted by molar-refractivity contribution is 5.14. The Labute approximate surface area is 164 Å². The minimum atomic E-state index is 1.11. The zero-order chi connectivity index (χ0) is 18.9. The Bertz CT molecular complexity index is 384. The number of nitrogens with one attached hydrogen (secondary N) is 1. The second kappa shape index (κ2) is 16.4. The molecule has 0 atom stereocenters. The van der Waals surface area contributed by atoms with Crippen LogP contribution >= 0.6 is 0 Å². The SMILES string of the molecule is CCCCCCCCCCc1nc(C)[nH]c1CCCCCCCCCC. The van der Waals surface area contributed by atoms with Crippen molar-refractivity contribution in [2.75, 3.05) is 0 Å². The third-order valence-corrected chi connectivity index (χ3v) is 5.53. The summed E-state index contributed by atoms with van der Waals surface area (Å²) in [7, 11) is 0. The fourth-order valence-electron chi connectivity index (χ4n) is 3.86. The van der Waals surface area contributed by atoms with Crippen LogP contribution in [0.3, 0.4) is 0 Å². The zero-order valence-corrected chi connectivity index (χ0v) is 18.2. The molecule has 2 heteroatoms. The highest BCUT2D eigenvalue weighted by Gasteiger charge is 2.07. The Morgan fingerprint density at radius 2 is 1.00 bits per heavy atom. The Balaban J connectivity index is 2.10. The topological polar surface area (TPSA) is 28.7 Å². The number of nitrogens with zero attached hydrogens (tertiary/aromatic N) is 1. The fraction of sp³-hybridized carbons (Fsp3) is 0.875. The monoisotopic (exact) mass is 362 g/mol. The molecule has 0 aliphatic heterocycles. The molecule has 0 aromatic carbocycles. The van der Waals surface area contributed by atoms with Crippen LogP contribution in [0.1, 0.15) is 134 Å². The van der Waals surface area contributed by atoms with E-state index in [1.54, 1.807) is 0 Å². The number of H-pyrrole nitrogens is 1. The molecule has 0 aliphatic rings. The van der Waals surface area contributed by atoms with E-state index in [-0.39, 0.29) is 0 Å². The van der Waals surface area contributed by atoms with Gasteiger partial charge in [0.1, 0.15) is 5.82 Å². The van der Waals surface area contributed by atoms with Crippen molar-refractivity contribution in [1.29, 1.82) is 0 Å². The van der Waals surface area contributed by atoms with Gasteiger partial charge in [-0.15, -0.1) is 0 Å². The summed E-state index contributed by atoms with van der Waals surface area (Å²) < 4.78 is 0. The van der Waals surface area contributed by atoms with E-state index in [4.69, 9.17) is 4.98 Å². The second-order valence-electron chi connectivity index (χ2n) is 8.20. The van der Waals surface area contributed by atoms with Gasteiger partial charge in [-0.1, -0.05) is 104 Å². The van der Waals surface area contributed by atoms with Crippen LogP contribution in [0.4, 0.5) is 0 Å². The first-order valence-electron chi connectivity index (χ1n) is 11.8. The second-order valence-corrected chi connectivity index (χ2v) is 8.20. The Hall–Kier alpha value is -0.790. The van der Waals surface area contributed by atoms with E-state index >= 15 is 0 Å². The minimum Gasteiger partial charge on any atom is -0.346 e. The molecule has 0 fully saturated rings. The van der Waals surface area contributed by atoms with Crippen LogP contribution < -0.4 is 0 Å². The van der Waals surface area contributed by atoms with Crippen molar-refractivity contribution in [2.45, 2.75) is 136 Å². The maximum Gasteiger partial charge on any atom is 0.103 e. The molecule has 152 valence electrons. The maximum atomic E-state index is 4.76. The van der Waals surface area contributed by atoms with Crippen LogP contribution in [0, 0.1) is 6.92 Å². The van der Waals surface area contributed by atoms with Crippen molar-refractivity contribution in [3.8, 4) is 0 Å². The van der Waals surface area contributed by atoms with E-state index in [0.29, 0.717) is 0 Å². The van der Waals surface area contributed by atoms with Crippen LogP contribution in [0.15, 0.2) is 0 Å². The number of aromatic amines is 1. The molecular formula is C24H46N2. The summed E-state index contributed by atoms with van der Waals surface area (Å²) in [5.41, 5.74) is 2.79. The third kappa shape index (κ3) is 11.8. The van der Waals surface area contributed by atoms with Crippen molar-refractivity contribution < 1.29 is 0 Å². The lowest BCUT2D eigenvalue weighted by Gasteiger charge is -2.04. The molecule has 0 saturated heterocycles. The van der Waals surface area contributed by atoms with Gasteiger partial charge < -0.3 is 4.98 Å². The largest absolute Gasteiger partial charge is 0.346 e. The zero-order valence-electron chi connectivity index (χ0n) is 18.2. The molecule has 0 amide bonds. The number of aryl methyl sites for hydroxylation is 3. The fourth-order valence-corrected chi connectivity index (χ4v) is 3.86. The summed E-state index contributed by atoms with van der Waals surface area (Å²) >= 11 is 0. The maximum absolute atomic E-state index is 4.76. The van der Waals surface area contributed by atoms with Crippen molar-refractivity contribution >= 4 is 0 Å². The smallest absolute Gasteiger partial charge is 0.103 e. The Morgan fingerprint density at radius 3 is 1.50 bits per heavy atom. The molecule has 26 heavy (non-hydrogen) atoms. The van der Waals surface area contributed by atoms with Gasteiger partial charge in [-0.2, -0.15) is 0 Å². The van der Waals surface area contributed by atoms with Gasteiger partial charge in [-0.05, 0) is 32.6 Å². The van der Waals surface area contributed by atoms with Gasteiger partial charge in [0.25, 0.3) is 0 Å². The summed E-state index contributed by atoms with van der Waals surface area (Å²) in [5, 5.41) is 0. The first kappa shape index (κ1) is 23.2. The van der Waals surface area contributed by atoms with Crippen molar-refractivity contribution in [2.24, 2.45) is 0 Å². The van der Waals surface area contributed by atoms with Crippen molar-refractivity contribution in [1.82, 2.24) is 9.97 Å². The first-order chi connectivity index (χ1) is 12.8. The molecule has 0 saturated carbocycles. The van der Waals surface area contributed by atoms with Crippen molar-refractivity contribution in [3.05, 3.63) is 17.2 Å². The van der Waals surface area contributed by atoms with E-state index in [1.165, 1.54) is 127 Å². The molecular weight excluding hydrogens is 316 g/mol. The summed E-state index contributed by atoms with van der Waals surface area (Å²) in [5.74, 6) is 1.11. The normalized spacial score (nSPS) is 11.3. The standard InChI is InChI=1S/C24H46N2/c1-4-6-8-10-12-14-16-18-20-23-24(26-22(3)25-23)21-19-17-15-13-11-9-7-5-2/h4-21H2,1-3H3,(H,25,26). The highest BCUT2D eigenvalue weighted by Crippen LogP contribution is 2.16. The van der Waals surface area contributed by atoms with Crippen LogP contribution in [0.2, 0.25) is 0 Å². The van der Waals surface area contributed by atoms with Gasteiger partial charge in [0.15, 0.2) is 0 Å². The van der Waals surface area contributed by atoms with Gasteiger partial charge in [0.2, 0.25) is 0 Å². The molecule has 0 radical (unpaired) electrons. The van der Waals surface area contributed by atoms with Crippen LogP contribution in [0.5, 0.6) is 0 Å². The first-order valence-corrected chi connectivity index (χ1v) is 11.8. The number of unbranched alkanes of at least 4 members (excludes halogenated alkanes) is 14. The molecule has 1 heterocycles. The summed E-state index contributed by atoms with van der Waals surface area (Å²) in [6.45, 7) is 6.68. The number of hydrogen-bond acceptors (Lipinski definition) is 1. The summed E-state index contributed by atoms with van der Waals surface area (Å²) in [6.07, 6.45) is 24.6. The van der Waals surface area contributed by atoms with Gasteiger partial charge in [0, 0.05) is 5.69 Å². The highest BCUT2D eigenvalue weighted by atomic mass is 14.9. The predicted octanol–water partition coefficient (Wildman–Crippen LogP) is 8.08. The van der Waals surface area contributed by atoms with Crippen LogP contribution in [-0.4, -0.2) is 9.97 Å². The van der Waals surface area contributed by atoms with Crippen molar-refractivity contribution in [3.63, 3.8) is 0 Å². The summed E-state index contributed by atoms with van der Waals surface area (Å²) in [6, 6.07) is 0. The van der Waals surface area contributed by atoms with E-state index in [1.807, 2.05) is 0 Å². The van der Waals surface area contributed by atoms with E-state index in [9.17, 15) is 0 Å². The van der Waals surface area contributed by atoms with E-state index in [2.05, 4.69) is 25.8 Å². The van der Waals surface area contributed by atoms with Gasteiger partial charge in [0.05, 0.1) is 5.69 Å². The van der Waals surface area contributed by atoms with E-state index in [0.717, 1.165) is 5.82 Å².